The highest BCUT2D eigenvalue weighted by Crippen LogP contribution is 2.30. The molecule has 0 unspecified atom stereocenters. The van der Waals surface area contributed by atoms with E-state index in [-0.39, 0.29) is 22.7 Å². The number of carbonyl (C=O) groups is 1. The number of rotatable bonds is 6. The molecule has 2 heterocycles. The van der Waals surface area contributed by atoms with Crippen molar-refractivity contribution < 1.29 is 9.53 Å². The maximum absolute atomic E-state index is 13.1. The van der Waals surface area contributed by atoms with Gasteiger partial charge in [0.05, 0.1) is 18.9 Å². The minimum atomic E-state index is -0.227. The van der Waals surface area contributed by atoms with E-state index in [1.807, 2.05) is 61.5 Å². The van der Waals surface area contributed by atoms with Gasteiger partial charge in [-0.05, 0) is 72.4 Å². The summed E-state index contributed by atoms with van der Waals surface area (Å²) in [5.74, 6) is 0.0590. The Morgan fingerprint density at radius 2 is 1.69 bits per heavy atom. The van der Waals surface area contributed by atoms with Gasteiger partial charge < -0.3 is 24.8 Å². The summed E-state index contributed by atoms with van der Waals surface area (Å²) in [7, 11) is 1.72. The van der Waals surface area contributed by atoms with Crippen molar-refractivity contribution in [2.24, 2.45) is 7.05 Å². The lowest BCUT2D eigenvalue weighted by Crippen LogP contribution is -2.36. The van der Waals surface area contributed by atoms with Crippen LogP contribution in [0.15, 0.2) is 71.7 Å². The number of ether oxygens (including phenoxy) is 1. The Bertz CT molecular complexity index is 1660. The molecule has 5 rings (SSSR count). The number of nitrogens with zero attached hydrogens (tertiary/aromatic N) is 3. The molecule has 0 aliphatic carbocycles. The van der Waals surface area contributed by atoms with E-state index in [9.17, 15) is 9.59 Å². The number of benzene rings is 3. The lowest BCUT2D eigenvalue weighted by atomic mass is 9.86. The van der Waals surface area contributed by atoms with Crippen LogP contribution in [-0.2, 0) is 17.2 Å². The SMILES string of the molecule is Cc1cc(Nc2nc(-c3cccc(NC(=O)c4ccc(C(C)(C)C)cc4)c3C)cn(C)c2=O)ccc1N1CCOCC1. The van der Waals surface area contributed by atoms with E-state index >= 15 is 0 Å². The van der Waals surface area contributed by atoms with Gasteiger partial charge in [0, 0.05) is 54.5 Å². The van der Waals surface area contributed by atoms with E-state index in [1.54, 1.807) is 13.2 Å². The number of morpholine rings is 1. The minimum Gasteiger partial charge on any atom is -0.378 e. The van der Waals surface area contributed by atoms with Crippen molar-refractivity contribution in [3.05, 3.63) is 99.5 Å². The van der Waals surface area contributed by atoms with Gasteiger partial charge in [0.1, 0.15) is 0 Å². The molecule has 8 nitrogen and oxygen atoms in total. The summed E-state index contributed by atoms with van der Waals surface area (Å²) in [6.45, 7) is 13.6. The first-order valence-corrected chi connectivity index (χ1v) is 14.3. The first kappa shape index (κ1) is 29.1. The first-order valence-electron chi connectivity index (χ1n) is 14.3. The zero-order valence-electron chi connectivity index (χ0n) is 25.2. The zero-order valence-corrected chi connectivity index (χ0v) is 25.2. The van der Waals surface area contributed by atoms with Crippen molar-refractivity contribution >= 4 is 28.8 Å². The summed E-state index contributed by atoms with van der Waals surface area (Å²) in [5, 5.41) is 6.29. The second kappa shape index (κ2) is 11.8. The highest BCUT2D eigenvalue weighted by atomic mass is 16.5. The summed E-state index contributed by atoms with van der Waals surface area (Å²) in [6.07, 6.45) is 1.72. The molecule has 1 saturated heterocycles. The van der Waals surface area contributed by atoms with Gasteiger partial charge in [-0.15, -0.1) is 0 Å². The monoisotopic (exact) mass is 565 g/mol. The Hall–Kier alpha value is -4.43. The van der Waals surface area contributed by atoms with Crippen LogP contribution in [0.4, 0.5) is 22.9 Å². The summed E-state index contributed by atoms with van der Waals surface area (Å²) >= 11 is 0. The second-order valence-electron chi connectivity index (χ2n) is 11.9. The van der Waals surface area contributed by atoms with Crippen LogP contribution in [-0.4, -0.2) is 41.8 Å². The van der Waals surface area contributed by atoms with Gasteiger partial charge in [-0.25, -0.2) is 4.98 Å². The van der Waals surface area contributed by atoms with Crippen LogP contribution in [0.25, 0.3) is 11.3 Å². The molecule has 1 aromatic heterocycles. The quantitative estimate of drug-likeness (QED) is 0.290. The van der Waals surface area contributed by atoms with E-state index in [1.165, 1.54) is 10.1 Å². The number of amides is 1. The molecule has 0 spiro atoms. The number of carbonyl (C=O) groups excluding carboxylic acids is 1. The topological polar surface area (TPSA) is 88.5 Å². The Balaban J connectivity index is 1.39. The van der Waals surface area contributed by atoms with Crippen LogP contribution in [0.3, 0.4) is 0 Å². The molecule has 218 valence electrons. The third kappa shape index (κ3) is 6.24. The molecule has 4 aromatic rings. The molecule has 0 radical (unpaired) electrons. The van der Waals surface area contributed by atoms with Crippen molar-refractivity contribution in [2.45, 2.75) is 40.0 Å². The zero-order chi connectivity index (χ0) is 30.0. The molecule has 0 atom stereocenters. The highest BCUT2D eigenvalue weighted by Gasteiger charge is 2.18. The molecule has 1 aliphatic rings. The van der Waals surface area contributed by atoms with E-state index < -0.39 is 0 Å². The molecule has 0 bridgehead atoms. The van der Waals surface area contributed by atoms with Gasteiger partial charge in [-0.3, -0.25) is 9.59 Å². The fourth-order valence-electron chi connectivity index (χ4n) is 5.21. The van der Waals surface area contributed by atoms with E-state index in [0.29, 0.717) is 16.9 Å². The third-order valence-electron chi connectivity index (χ3n) is 7.75. The Labute approximate surface area is 247 Å². The van der Waals surface area contributed by atoms with Crippen molar-refractivity contribution in [1.82, 2.24) is 9.55 Å². The van der Waals surface area contributed by atoms with Crippen molar-refractivity contribution in [3.63, 3.8) is 0 Å². The Morgan fingerprint density at radius 1 is 0.976 bits per heavy atom. The van der Waals surface area contributed by atoms with Gasteiger partial charge in [0.2, 0.25) is 0 Å². The van der Waals surface area contributed by atoms with Crippen LogP contribution in [0.2, 0.25) is 0 Å². The third-order valence-corrected chi connectivity index (χ3v) is 7.75. The van der Waals surface area contributed by atoms with Crippen LogP contribution >= 0.6 is 0 Å². The lowest BCUT2D eigenvalue weighted by Gasteiger charge is -2.30. The average molecular weight is 566 g/mol. The fraction of sp³-hybridized carbons (Fsp3) is 0.324. The Kier molecular flexibility index (Phi) is 8.18. The van der Waals surface area contributed by atoms with Crippen molar-refractivity contribution in [1.29, 1.82) is 0 Å². The van der Waals surface area contributed by atoms with E-state index in [0.717, 1.165) is 54.4 Å². The van der Waals surface area contributed by atoms with Gasteiger partial charge >= 0.3 is 0 Å². The normalized spacial score (nSPS) is 13.6. The van der Waals surface area contributed by atoms with E-state index in [2.05, 4.69) is 49.3 Å². The summed E-state index contributed by atoms with van der Waals surface area (Å²) in [5.41, 5.74) is 7.63. The van der Waals surface area contributed by atoms with Crippen LogP contribution in [0.5, 0.6) is 0 Å². The largest absolute Gasteiger partial charge is 0.378 e. The average Bonchev–Trinajstić information content (AvgIpc) is 2.96. The Morgan fingerprint density at radius 3 is 2.36 bits per heavy atom. The smallest absolute Gasteiger partial charge is 0.293 e. The summed E-state index contributed by atoms with van der Waals surface area (Å²) < 4.78 is 7.01. The molecule has 3 aromatic carbocycles. The molecule has 0 saturated carbocycles. The lowest BCUT2D eigenvalue weighted by molar-refractivity contribution is 0.102. The first-order chi connectivity index (χ1) is 20.0. The maximum Gasteiger partial charge on any atom is 0.293 e. The second-order valence-corrected chi connectivity index (χ2v) is 11.9. The van der Waals surface area contributed by atoms with Crippen LogP contribution < -0.4 is 21.1 Å². The summed E-state index contributed by atoms with van der Waals surface area (Å²) in [4.78, 5) is 33.2. The van der Waals surface area contributed by atoms with Crippen molar-refractivity contribution in [2.75, 3.05) is 41.8 Å². The summed E-state index contributed by atoms with van der Waals surface area (Å²) in [6, 6.07) is 19.5. The molecule has 1 fully saturated rings. The molecule has 2 N–H and O–H groups in total. The van der Waals surface area contributed by atoms with Gasteiger partial charge in [-0.2, -0.15) is 0 Å². The molecule has 1 aliphatic heterocycles. The van der Waals surface area contributed by atoms with Crippen LogP contribution in [0.1, 0.15) is 47.8 Å². The van der Waals surface area contributed by atoms with Gasteiger partial charge in [0.25, 0.3) is 11.5 Å². The number of hydrogen-bond donors (Lipinski definition) is 2. The number of anilines is 4. The maximum atomic E-state index is 13.1. The molecule has 42 heavy (non-hydrogen) atoms. The molecule has 8 heteroatoms. The van der Waals surface area contributed by atoms with Crippen LogP contribution in [0, 0.1) is 13.8 Å². The molecular weight excluding hydrogens is 526 g/mol. The fourth-order valence-corrected chi connectivity index (χ4v) is 5.21. The number of aromatic nitrogens is 2. The predicted molar refractivity (Wildman–Crippen MR) is 170 cm³/mol. The standard InChI is InChI=1S/C34H39N5O3/c1-22-20-26(14-15-30(22)39-16-18-42-19-17-39)35-31-33(41)38(6)21-29(36-31)27-8-7-9-28(23(27)2)37-32(40)24-10-12-25(13-11-24)34(3,4)5/h7-15,20-21H,16-19H2,1-6H3,(H,35,36)(H,37,40). The van der Waals surface area contributed by atoms with Gasteiger partial charge in [0.15, 0.2) is 5.82 Å². The van der Waals surface area contributed by atoms with Crippen molar-refractivity contribution in [3.8, 4) is 11.3 Å². The number of aryl methyl sites for hydroxylation is 2. The van der Waals surface area contributed by atoms with E-state index in [4.69, 9.17) is 9.72 Å². The minimum absolute atomic E-state index is 0.0155. The van der Waals surface area contributed by atoms with Gasteiger partial charge in [-0.1, -0.05) is 45.0 Å². The molecular formula is C34H39N5O3. The number of hydrogen-bond acceptors (Lipinski definition) is 6. The number of nitrogens with one attached hydrogen (secondary N) is 2. The highest BCUT2D eigenvalue weighted by molar-refractivity contribution is 6.05. The predicted octanol–water partition coefficient (Wildman–Crippen LogP) is 6.19. The molecule has 1 amide bonds.